The number of aromatic nitrogens is 2. The molecule has 10 nitrogen and oxygen atoms in total. The second-order valence-electron chi connectivity index (χ2n) is 7.16. The van der Waals surface area contributed by atoms with Crippen molar-refractivity contribution < 1.29 is 26.3 Å². The highest BCUT2D eigenvalue weighted by atomic mass is 32.3. The number of nitrogens with one attached hydrogen (secondary N) is 2. The van der Waals surface area contributed by atoms with E-state index >= 15 is 0 Å². The van der Waals surface area contributed by atoms with Gasteiger partial charge in [-0.3, -0.25) is 9.11 Å². The average molecular weight is 522 g/mol. The number of halogens is 2. The molecule has 186 valence electrons. The lowest BCUT2D eigenvalue weighted by atomic mass is 10.0. The van der Waals surface area contributed by atoms with Gasteiger partial charge in [0.25, 0.3) is 0 Å². The molecule has 0 fully saturated rings. The number of hydrogen-bond acceptors (Lipinski definition) is 8. The van der Waals surface area contributed by atoms with E-state index in [2.05, 4.69) is 20.6 Å². The maximum Gasteiger partial charge on any atom is 0.394 e. The smallest absolute Gasteiger partial charge is 0.335 e. The van der Waals surface area contributed by atoms with Crippen LogP contribution in [0.5, 0.6) is 0 Å². The second kappa shape index (κ2) is 11.7. The Morgan fingerprint density at radius 1 is 0.784 bits per heavy atom. The third kappa shape index (κ3) is 8.05. The molecule has 0 spiro atoms. The summed E-state index contributed by atoms with van der Waals surface area (Å²) in [4.78, 5) is 8.32. The Morgan fingerprint density at radius 2 is 1.30 bits per heavy atom. The van der Waals surface area contributed by atoms with Crippen LogP contribution in [0.3, 0.4) is 0 Å². The first-order valence-corrected chi connectivity index (χ1v) is 11.5. The highest BCUT2D eigenvalue weighted by Crippen LogP contribution is 2.29. The summed E-state index contributed by atoms with van der Waals surface area (Å²) >= 11 is 0. The summed E-state index contributed by atoms with van der Waals surface area (Å²) in [6, 6.07) is 21.1. The molecule has 4 aromatic rings. The van der Waals surface area contributed by atoms with E-state index in [4.69, 9.17) is 28.0 Å². The molecule has 37 heavy (non-hydrogen) atoms. The van der Waals surface area contributed by atoms with E-state index in [1.807, 2.05) is 12.1 Å². The minimum atomic E-state index is -4.67. The Bertz CT molecular complexity index is 1570. The highest BCUT2D eigenvalue weighted by molar-refractivity contribution is 7.79. The highest BCUT2D eigenvalue weighted by Gasteiger charge is 2.14. The molecule has 13 heteroatoms. The molecule has 1 heterocycles. The Morgan fingerprint density at radius 3 is 1.81 bits per heavy atom. The van der Waals surface area contributed by atoms with Gasteiger partial charge >= 0.3 is 10.4 Å². The summed E-state index contributed by atoms with van der Waals surface area (Å²) in [5, 5.41) is 23.4. The molecule has 0 aliphatic heterocycles. The van der Waals surface area contributed by atoms with Gasteiger partial charge in [-0.2, -0.15) is 23.9 Å². The Labute approximate surface area is 210 Å². The van der Waals surface area contributed by atoms with Gasteiger partial charge in [0.15, 0.2) is 0 Å². The lowest BCUT2D eigenvalue weighted by Gasteiger charge is -2.12. The van der Waals surface area contributed by atoms with Crippen LogP contribution in [-0.4, -0.2) is 27.5 Å². The van der Waals surface area contributed by atoms with Crippen molar-refractivity contribution in [3.05, 3.63) is 95.7 Å². The van der Waals surface area contributed by atoms with E-state index in [0.29, 0.717) is 27.9 Å². The first-order valence-electron chi connectivity index (χ1n) is 10.1. The zero-order valence-electron chi connectivity index (χ0n) is 18.6. The zero-order chi connectivity index (χ0) is 27.0. The van der Waals surface area contributed by atoms with Crippen LogP contribution in [0.1, 0.15) is 11.1 Å². The topological polar surface area (TPSA) is 172 Å². The monoisotopic (exact) mass is 522 g/mol. The van der Waals surface area contributed by atoms with E-state index in [-0.39, 0.29) is 17.5 Å². The van der Waals surface area contributed by atoms with Crippen molar-refractivity contribution in [2.45, 2.75) is 0 Å². The summed E-state index contributed by atoms with van der Waals surface area (Å²) in [6.07, 6.45) is 1.45. The number of rotatable bonds is 5. The van der Waals surface area contributed by atoms with Crippen LogP contribution < -0.4 is 10.6 Å². The molecule has 1 aromatic heterocycles. The van der Waals surface area contributed by atoms with Gasteiger partial charge in [-0.25, -0.2) is 13.8 Å². The fourth-order valence-corrected chi connectivity index (χ4v) is 2.97. The van der Waals surface area contributed by atoms with Crippen LogP contribution >= 0.6 is 0 Å². The Hall–Kier alpha value is -4.95. The fraction of sp³-hybridized carbons (Fsp3) is 0. The lowest BCUT2D eigenvalue weighted by Crippen LogP contribution is -2.03. The maximum atomic E-state index is 14.7. The Kier molecular flexibility index (Phi) is 8.39. The fourth-order valence-electron chi connectivity index (χ4n) is 2.97. The second-order valence-corrected chi connectivity index (χ2v) is 8.05. The van der Waals surface area contributed by atoms with Crippen molar-refractivity contribution in [2.24, 2.45) is 0 Å². The van der Waals surface area contributed by atoms with Gasteiger partial charge in [-0.05, 0) is 65.7 Å². The van der Waals surface area contributed by atoms with E-state index in [1.54, 1.807) is 48.5 Å². The SMILES string of the molecule is N#Cc1ccc(Nc2nccc(Nc3c(F)cc(-c4ccc(C#N)cc4)cc3F)n2)cc1.O=S(=O)(O)O. The average Bonchev–Trinajstić information content (AvgIpc) is 2.86. The zero-order valence-corrected chi connectivity index (χ0v) is 19.4. The van der Waals surface area contributed by atoms with Crippen LogP contribution in [0.25, 0.3) is 11.1 Å². The van der Waals surface area contributed by atoms with E-state index < -0.39 is 22.0 Å². The standard InChI is InChI=1S/C24H14F2N6.H2O4S/c25-20-11-18(17-5-1-15(13-27)2-6-17)12-21(26)23(20)31-22-9-10-29-24(32-22)30-19-7-3-16(14-28)4-8-19;1-5(2,3)4/h1-12H,(H2,29,30,31,32);(H2,1,2,3,4). The quantitative estimate of drug-likeness (QED) is 0.261. The molecular weight excluding hydrogens is 506 g/mol. The van der Waals surface area contributed by atoms with Crippen molar-refractivity contribution in [3.63, 3.8) is 0 Å². The number of hydrogen-bond donors (Lipinski definition) is 4. The molecule has 0 saturated carbocycles. The van der Waals surface area contributed by atoms with Crippen molar-refractivity contribution in [1.82, 2.24) is 9.97 Å². The molecule has 0 bridgehead atoms. The molecule has 4 N–H and O–H groups in total. The van der Waals surface area contributed by atoms with Gasteiger partial charge in [0.1, 0.15) is 23.1 Å². The molecule has 4 rings (SSSR count). The van der Waals surface area contributed by atoms with E-state index in [0.717, 1.165) is 0 Å². The van der Waals surface area contributed by atoms with Crippen molar-refractivity contribution in [3.8, 4) is 23.3 Å². The molecule has 0 radical (unpaired) electrons. The van der Waals surface area contributed by atoms with Crippen molar-refractivity contribution in [2.75, 3.05) is 10.6 Å². The van der Waals surface area contributed by atoms with Gasteiger partial charge in [0, 0.05) is 11.9 Å². The van der Waals surface area contributed by atoms with E-state index in [9.17, 15) is 8.78 Å². The molecule has 0 aliphatic carbocycles. The molecule has 3 aromatic carbocycles. The summed E-state index contributed by atoms with van der Waals surface area (Å²) < 4.78 is 61.0. The van der Waals surface area contributed by atoms with Crippen LogP contribution in [0.4, 0.5) is 31.9 Å². The van der Waals surface area contributed by atoms with Gasteiger partial charge in [-0.15, -0.1) is 0 Å². The van der Waals surface area contributed by atoms with Crippen molar-refractivity contribution >= 4 is 33.5 Å². The normalized spacial score (nSPS) is 10.3. The number of benzene rings is 3. The van der Waals surface area contributed by atoms with Crippen LogP contribution in [0, 0.1) is 34.3 Å². The maximum absolute atomic E-state index is 14.7. The molecule has 0 atom stereocenters. The van der Waals surface area contributed by atoms with E-state index in [1.165, 1.54) is 24.4 Å². The van der Waals surface area contributed by atoms with Gasteiger partial charge in [0.2, 0.25) is 5.95 Å². The number of nitrogens with zero attached hydrogens (tertiary/aromatic N) is 4. The molecular formula is C24H16F2N6O4S. The first-order chi connectivity index (χ1) is 17.6. The molecule has 0 saturated heterocycles. The predicted molar refractivity (Wildman–Crippen MR) is 130 cm³/mol. The summed E-state index contributed by atoms with van der Waals surface area (Å²) in [6.45, 7) is 0. The molecule has 0 amide bonds. The predicted octanol–water partition coefficient (Wildman–Crippen LogP) is 5.00. The molecule has 0 aliphatic rings. The van der Waals surface area contributed by atoms with Crippen LogP contribution in [0.15, 0.2) is 72.9 Å². The summed E-state index contributed by atoms with van der Waals surface area (Å²) in [5.41, 5.74) is 2.23. The third-order valence-electron chi connectivity index (χ3n) is 4.57. The largest absolute Gasteiger partial charge is 0.394 e. The first kappa shape index (κ1) is 26.7. The van der Waals surface area contributed by atoms with Crippen molar-refractivity contribution in [1.29, 1.82) is 10.5 Å². The number of anilines is 4. The minimum absolute atomic E-state index is 0.195. The molecule has 0 unspecified atom stereocenters. The van der Waals surface area contributed by atoms with Crippen LogP contribution in [-0.2, 0) is 10.4 Å². The third-order valence-corrected chi connectivity index (χ3v) is 4.57. The summed E-state index contributed by atoms with van der Waals surface area (Å²) in [5.74, 6) is -1.16. The number of nitriles is 2. The summed E-state index contributed by atoms with van der Waals surface area (Å²) in [7, 11) is -4.67. The minimum Gasteiger partial charge on any atom is -0.335 e. The van der Waals surface area contributed by atoms with Gasteiger partial charge in [0.05, 0.1) is 23.3 Å². The van der Waals surface area contributed by atoms with Crippen LogP contribution in [0.2, 0.25) is 0 Å². The lowest BCUT2D eigenvalue weighted by molar-refractivity contribution is 0.381. The Balaban J connectivity index is 0.000000695. The van der Waals surface area contributed by atoms with Gasteiger partial charge < -0.3 is 10.6 Å². The van der Waals surface area contributed by atoms with Gasteiger partial charge in [-0.1, -0.05) is 12.1 Å².